The lowest BCUT2D eigenvalue weighted by Crippen LogP contribution is -2.48. The number of hydrogen-bond donors (Lipinski definition) is 2. The normalized spacial score (nSPS) is 26.1. The van der Waals surface area contributed by atoms with Crippen molar-refractivity contribution >= 4 is 5.91 Å². The van der Waals surface area contributed by atoms with Gasteiger partial charge in [-0.05, 0) is 38.5 Å². The molecule has 88 valence electrons. The molecule has 1 amide bonds. The van der Waals surface area contributed by atoms with Crippen LogP contribution in [0.15, 0.2) is 0 Å². The number of hydrogen-bond acceptors (Lipinski definition) is 2. The Bertz CT molecular complexity index is 240. The van der Waals surface area contributed by atoms with E-state index in [2.05, 4.69) is 19.2 Å². The van der Waals surface area contributed by atoms with Crippen LogP contribution in [0.25, 0.3) is 0 Å². The number of amides is 1. The highest BCUT2D eigenvalue weighted by molar-refractivity contribution is 5.84. The molecular formula is C12H23NO2. The maximum atomic E-state index is 11.6. The second-order valence-corrected chi connectivity index (χ2v) is 5.99. The van der Waals surface area contributed by atoms with Crippen molar-refractivity contribution < 1.29 is 9.90 Å². The van der Waals surface area contributed by atoms with E-state index in [-0.39, 0.29) is 11.9 Å². The lowest BCUT2D eigenvalue weighted by Gasteiger charge is -2.36. The lowest BCUT2D eigenvalue weighted by molar-refractivity contribution is -0.137. The first-order valence-corrected chi connectivity index (χ1v) is 5.74. The maximum Gasteiger partial charge on any atom is 0.251 e. The van der Waals surface area contributed by atoms with Crippen LogP contribution in [0.5, 0.6) is 0 Å². The van der Waals surface area contributed by atoms with Crippen molar-refractivity contribution in [3.05, 3.63) is 0 Å². The topological polar surface area (TPSA) is 49.3 Å². The van der Waals surface area contributed by atoms with Crippen LogP contribution in [-0.4, -0.2) is 22.7 Å². The molecule has 0 bridgehead atoms. The highest BCUT2D eigenvalue weighted by Gasteiger charge is 2.31. The summed E-state index contributed by atoms with van der Waals surface area (Å²) < 4.78 is 0. The molecule has 0 aromatic carbocycles. The minimum atomic E-state index is -1.26. The van der Waals surface area contributed by atoms with Gasteiger partial charge in [0.15, 0.2) is 0 Å². The summed E-state index contributed by atoms with van der Waals surface area (Å²) in [4.78, 5) is 11.6. The molecule has 1 rings (SSSR count). The predicted octanol–water partition coefficient (Wildman–Crippen LogP) is 1.84. The molecule has 0 spiro atoms. The van der Waals surface area contributed by atoms with E-state index < -0.39 is 5.60 Å². The zero-order valence-corrected chi connectivity index (χ0v) is 10.3. The highest BCUT2D eigenvalue weighted by Crippen LogP contribution is 2.35. The zero-order chi connectivity index (χ0) is 11.7. The summed E-state index contributed by atoms with van der Waals surface area (Å²) >= 11 is 0. The number of nitrogens with one attached hydrogen (secondary N) is 1. The van der Waals surface area contributed by atoms with Gasteiger partial charge in [0.05, 0.1) is 0 Å². The lowest BCUT2D eigenvalue weighted by atomic mass is 9.75. The molecule has 0 aromatic rings. The van der Waals surface area contributed by atoms with Crippen molar-refractivity contribution in [1.29, 1.82) is 0 Å². The third-order valence-corrected chi connectivity index (χ3v) is 3.10. The fraction of sp³-hybridized carbons (Fsp3) is 0.917. The van der Waals surface area contributed by atoms with Gasteiger partial charge in [0.25, 0.3) is 5.91 Å². The number of rotatable bonds is 2. The molecule has 15 heavy (non-hydrogen) atoms. The molecule has 0 saturated heterocycles. The zero-order valence-electron chi connectivity index (χ0n) is 10.3. The predicted molar refractivity (Wildman–Crippen MR) is 60.5 cm³/mol. The van der Waals surface area contributed by atoms with Crippen LogP contribution in [0.2, 0.25) is 0 Å². The molecule has 3 nitrogen and oxygen atoms in total. The van der Waals surface area contributed by atoms with Crippen molar-refractivity contribution in [2.75, 3.05) is 0 Å². The van der Waals surface area contributed by atoms with Crippen LogP contribution in [0, 0.1) is 5.41 Å². The van der Waals surface area contributed by atoms with Gasteiger partial charge < -0.3 is 10.4 Å². The van der Waals surface area contributed by atoms with Crippen LogP contribution in [0.4, 0.5) is 0 Å². The molecule has 1 fully saturated rings. The van der Waals surface area contributed by atoms with Gasteiger partial charge in [-0.1, -0.05) is 20.3 Å². The van der Waals surface area contributed by atoms with Gasteiger partial charge in [-0.2, -0.15) is 0 Å². The van der Waals surface area contributed by atoms with Gasteiger partial charge in [-0.3, -0.25) is 4.79 Å². The molecule has 0 radical (unpaired) electrons. The number of carbonyl (C=O) groups excluding carboxylic acids is 1. The summed E-state index contributed by atoms with van der Waals surface area (Å²) in [7, 11) is 0. The van der Waals surface area contributed by atoms with E-state index in [1.54, 1.807) is 0 Å². The quantitative estimate of drug-likeness (QED) is 0.735. The second-order valence-electron chi connectivity index (χ2n) is 5.99. The SMILES string of the molecule is CC1(C)CCCC(NC(=O)C(C)(C)O)C1. The van der Waals surface area contributed by atoms with E-state index in [1.165, 1.54) is 20.3 Å². The molecule has 0 heterocycles. The Morgan fingerprint density at radius 2 is 2.07 bits per heavy atom. The van der Waals surface area contributed by atoms with Crippen LogP contribution in [0.1, 0.15) is 53.4 Å². The minimum Gasteiger partial charge on any atom is -0.381 e. The van der Waals surface area contributed by atoms with E-state index in [1.807, 2.05) is 0 Å². The average molecular weight is 213 g/mol. The third kappa shape index (κ3) is 3.82. The van der Waals surface area contributed by atoms with Gasteiger partial charge >= 0.3 is 0 Å². The Kier molecular flexibility index (Phi) is 3.44. The molecule has 3 heteroatoms. The van der Waals surface area contributed by atoms with E-state index in [4.69, 9.17) is 0 Å². The molecule has 2 N–H and O–H groups in total. The van der Waals surface area contributed by atoms with E-state index in [9.17, 15) is 9.90 Å². The molecular weight excluding hydrogens is 190 g/mol. The van der Waals surface area contributed by atoms with E-state index >= 15 is 0 Å². The first-order valence-electron chi connectivity index (χ1n) is 5.74. The maximum absolute atomic E-state index is 11.6. The Morgan fingerprint density at radius 3 is 2.53 bits per heavy atom. The monoisotopic (exact) mass is 213 g/mol. The van der Waals surface area contributed by atoms with Crippen molar-refractivity contribution in [2.24, 2.45) is 5.41 Å². The molecule has 1 atom stereocenters. The average Bonchev–Trinajstić information content (AvgIpc) is 2.00. The Labute approximate surface area is 92.3 Å². The molecule has 1 aliphatic carbocycles. The molecule has 0 aliphatic heterocycles. The first kappa shape index (κ1) is 12.5. The summed E-state index contributed by atoms with van der Waals surface area (Å²) in [5.41, 5.74) is -0.947. The minimum absolute atomic E-state index is 0.229. The summed E-state index contributed by atoms with van der Waals surface area (Å²) in [5, 5.41) is 12.5. The Balaban J connectivity index is 2.49. The number of aliphatic hydroxyl groups is 1. The summed E-state index contributed by atoms with van der Waals surface area (Å²) in [6.45, 7) is 7.51. The van der Waals surface area contributed by atoms with Crippen LogP contribution < -0.4 is 5.32 Å². The number of carbonyl (C=O) groups is 1. The fourth-order valence-electron chi connectivity index (χ4n) is 2.18. The fourth-order valence-corrected chi connectivity index (χ4v) is 2.18. The summed E-state index contributed by atoms with van der Waals surface area (Å²) in [6, 6.07) is 0.229. The Hall–Kier alpha value is -0.570. The van der Waals surface area contributed by atoms with Gasteiger partial charge in [0.1, 0.15) is 5.60 Å². The largest absolute Gasteiger partial charge is 0.381 e. The van der Waals surface area contributed by atoms with Crippen LogP contribution in [-0.2, 0) is 4.79 Å². The molecule has 0 aromatic heterocycles. The van der Waals surface area contributed by atoms with Gasteiger partial charge in [0, 0.05) is 6.04 Å². The van der Waals surface area contributed by atoms with Crippen molar-refractivity contribution in [2.45, 2.75) is 65.0 Å². The second kappa shape index (κ2) is 4.12. The van der Waals surface area contributed by atoms with Crippen molar-refractivity contribution in [1.82, 2.24) is 5.32 Å². The molecule has 1 saturated carbocycles. The smallest absolute Gasteiger partial charge is 0.251 e. The Morgan fingerprint density at radius 1 is 1.47 bits per heavy atom. The van der Waals surface area contributed by atoms with Gasteiger partial charge in [-0.15, -0.1) is 0 Å². The summed E-state index contributed by atoms with van der Waals surface area (Å²) in [6.07, 6.45) is 4.42. The standard InChI is InChI=1S/C12H23NO2/c1-11(2)7-5-6-9(8-11)13-10(14)12(3,4)15/h9,15H,5-8H2,1-4H3,(H,13,14). The summed E-state index contributed by atoms with van der Waals surface area (Å²) in [5.74, 6) is -0.259. The molecule has 1 unspecified atom stereocenters. The third-order valence-electron chi connectivity index (χ3n) is 3.10. The molecule has 1 aliphatic rings. The van der Waals surface area contributed by atoms with E-state index in [0.717, 1.165) is 19.3 Å². The highest BCUT2D eigenvalue weighted by atomic mass is 16.3. The van der Waals surface area contributed by atoms with Gasteiger partial charge in [0.2, 0.25) is 0 Å². The first-order chi connectivity index (χ1) is 6.71. The van der Waals surface area contributed by atoms with Crippen molar-refractivity contribution in [3.63, 3.8) is 0 Å². The van der Waals surface area contributed by atoms with Crippen LogP contribution in [0.3, 0.4) is 0 Å². The van der Waals surface area contributed by atoms with E-state index in [0.29, 0.717) is 5.41 Å². The van der Waals surface area contributed by atoms with Crippen molar-refractivity contribution in [3.8, 4) is 0 Å². The van der Waals surface area contributed by atoms with Gasteiger partial charge in [-0.25, -0.2) is 0 Å². The van der Waals surface area contributed by atoms with Crippen LogP contribution >= 0.6 is 0 Å².